The number of urea groups is 1. The lowest BCUT2D eigenvalue weighted by atomic mass is 9.64. The van der Waals surface area contributed by atoms with Crippen LogP contribution in [0.15, 0.2) is 67.1 Å². The van der Waals surface area contributed by atoms with Gasteiger partial charge in [0, 0.05) is 83.0 Å². The number of nitrogens with one attached hydrogen (secondary N) is 2. The Bertz CT molecular complexity index is 2660. The van der Waals surface area contributed by atoms with Crippen LogP contribution in [0, 0.1) is 11.2 Å². The van der Waals surface area contributed by atoms with Crippen molar-refractivity contribution in [3.8, 4) is 11.1 Å². The number of imide groups is 1. The highest BCUT2D eigenvalue weighted by molar-refractivity contribution is 6.34. The van der Waals surface area contributed by atoms with Crippen LogP contribution >= 0.6 is 11.6 Å². The van der Waals surface area contributed by atoms with E-state index in [0.717, 1.165) is 55.2 Å². The van der Waals surface area contributed by atoms with Crippen LogP contribution < -0.4 is 10.2 Å². The van der Waals surface area contributed by atoms with Gasteiger partial charge in [-0.2, -0.15) is 0 Å². The van der Waals surface area contributed by atoms with Gasteiger partial charge in [-0.3, -0.25) is 34.1 Å². The summed E-state index contributed by atoms with van der Waals surface area (Å²) in [6.07, 6.45) is 13.6. The molecule has 6 amide bonds. The highest BCUT2D eigenvalue weighted by Crippen LogP contribution is 2.49. The van der Waals surface area contributed by atoms with Gasteiger partial charge in [0.1, 0.15) is 11.4 Å². The van der Waals surface area contributed by atoms with Crippen LogP contribution in [0.2, 0.25) is 5.02 Å². The first kappa shape index (κ1) is 42.9. The van der Waals surface area contributed by atoms with Gasteiger partial charge in [-0.05, 0) is 96.7 Å². The maximum Gasteiger partial charge on any atom is 0.328 e. The Morgan fingerprint density at radius 2 is 1.72 bits per heavy atom. The lowest BCUT2D eigenvalue weighted by Crippen LogP contribution is -2.49. The molecule has 1 saturated carbocycles. The van der Waals surface area contributed by atoms with Gasteiger partial charge in [-0.1, -0.05) is 47.2 Å². The second-order valence-electron chi connectivity index (χ2n) is 17.7. The minimum absolute atomic E-state index is 0.0415. The van der Waals surface area contributed by atoms with Gasteiger partial charge in [-0.15, -0.1) is 5.10 Å². The molecule has 3 aliphatic heterocycles. The number of aromatic nitrogens is 5. The third-order valence-corrected chi connectivity index (χ3v) is 13.9. The molecule has 332 valence electrons. The lowest BCUT2D eigenvalue weighted by molar-refractivity contribution is -0.131. The highest BCUT2D eigenvalue weighted by atomic mass is 35.5. The molecule has 1 aliphatic carbocycles. The fourth-order valence-corrected chi connectivity index (χ4v) is 10.1. The van der Waals surface area contributed by atoms with Crippen molar-refractivity contribution in [2.45, 2.75) is 70.3 Å². The van der Waals surface area contributed by atoms with Gasteiger partial charge in [0.25, 0.3) is 11.8 Å². The van der Waals surface area contributed by atoms with Crippen LogP contribution in [-0.2, 0) is 16.1 Å². The van der Waals surface area contributed by atoms with Crippen LogP contribution in [-0.4, -0.2) is 116 Å². The summed E-state index contributed by atoms with van der Waals surface area (Å²) in [5.41, 5.74) is 5.32. The van der Waals surface area contributed by atoms with E-state index in [4.69, 9.17) is 11.6 Å². The first-order chi connectivity index (χ1) is 30.9. The zero-order valence-corrected chi connectivity index (χ0v) is 36.7. The molecule has 0 unspecified atom stereocenters. The van der Waals surface area contributed by atoms with Gasteiger partial charge >= 0.3 is 6.03 Å². The van der Waals surface area contributed by atoms with Gasteiger partial charge in [0.2, 0.25) is 11.8 Å². The molecule has 5 aromatic rings. The maximum atomic E-state index is 16.6. The number of aryl methyl sites for hydroxylation is 1. The van der Waals surface area contributed by atoms with Gasteiger partial charge in [-0.25, -0.2) is 14.2 Å². The summed E-state index contributed by atoms with van der Waals surface area (Å²) >= 11 is 6.38. The monoisotopic (exact) mass is 888 g/mol. The predicted molar refractivity (Wildman–Crippen MR) is 239 cm³/mol. The van der Waals surface area contributed by atoms with E-state index >= 15 is 4.39 Å². The molecule has 64 heavy (non-hydrogen) atoms. The van der Waals surface area contributed by atoms with Crippen molar-refractivity contribution >= 4 is 63.4 Å². The van der Waals surface area contributed by atoms with E-state index < -0.39 is 11.8 Å². The van der Waals surface area contributed by atoms with Crippen LogP contribution in [0.25, 0.3) is 27.6 Å². The quantitative estimate of drug-likeness (QED) is 0.159. The fraction of sp³-hybridized carbons (Fsp3) is 0.404. The molecule has 0 atom stereocenters. The van der Waals surface area contributed by atoms with Crippen LogP contribution in [0.1, 0.15) is 95.8 Å². The number of carbonyl (C=O) groups excluding carboxylic acids is 5. The predicted octanol–water partition coefficient (Wildman–Crippen LogP) is 7.05. The van der Waals surface area contributed by atoms with Crippen molar-refractivity contribution < 1.29 is 28.4 Å². The van der Waals surface area contributed by atoms with Crippen molar-refractivity contribution in [2.24, 2.45) is 5.41 Å². The van der Waals surface area contributed by atoms with E-state index in [1.54, 1.807) is 42.1 Å². The number of hydrogen-bond acceptors (Lipinski definition) is 8. The molecule has 0 radical (unpaired) electrons. The molecule has 2 saturated heterocycles. The van der Waals surface area contributed by atoms with E-state index in [1.807, 2.05) is 17.0 Å². The van der Waals surface area contributed by atoms with Crippen molar-refractivity contribution in [3.05, 3.63) is 100 Å². The number of amides is 6. The van der Waals surface area contributed by atoms with Crippen LogP contribution in [0.5, 0.6) is 0 Å². The SMILES string of the molecule is CN(C)C(=O)c1cc2c(-c3ccc(C4CCC5(CC4)CCN(C(=O)c4cc(N6CCC(=O)NC6=O)c(Cl)cn4)CC5)cc3)cc(C3=CCCN(C(=O)CCn4ccnn4)C3)c(F)c2[nH]1. The zero-order chi connectivity index (χ0) is 44.7. The first-order valence-electron chi connectivity index (χ1n) is 21.9. The molecule has 4 aliphatic rings. The van der Waals surface area contributed by atoms with Crippen molar-refractivity contribution in [1.82, 2.24) is 45.0 Å². The number of pyridine rings is 1. The number of hydrogen-bond donors (Lipinski definition) is 2. The number of rotatable bonds is 9. The molecule has 3 fully saturated rings. The van der Waals surface area contributed by atoms with E-state index in [1.165, 1.54) is 27.6 Å². The summed E-state index contributed by atoms with van der Waals surface area (Å²) in [6, 6.07) is 13.1. The van der Waals surface area contributed by atoms with Gasteiger partial charge in [0.05, 0.1) is 29.0 Å². The van der Waals surface area contributed by atoms with E-state index in [9.17, 15) is 24.0 Å². The second-order valence-corrected chi connectivity index (χ2v) is 18.1. The van der Waals surface area contributed by atoms with E-state index in [-0.39, 0.29) is 71.2 Å². The molecular formula is C47H50ClFN10O5. The van der Waals surface area contributed by atoms with Crippen molar-refractivity contribution in [3.63, 3.8) is 0 Å². The molecule has 9 rings (SSSR count). The van der Waals surface area contributed by atoms with Crippen molar-refractivity contribution in [2.75, 3.05) is 51.7 Å². The number of benzene rings is 2. The molecule has 17 heteroatoms. The third kappa shape index (κ3) is 8.50. The number of anilines is 1. The second kappa shape index (κ2) is 17.6. The first-order valence-corrected chi connectivity index (χ1v) is 22.3. The van der Waals surface area contributed by atoms with E-state index in [0.29, 0.717) is 60.8 Å². The summed E-state index contributed by atoms with van der Waals surface area (Å²) in [5.74, 6) is -0.940. The number of aromatic amines is 1. The summed E-state index contributed by atoms with van der Waals surface area (Å²) < 4.78 is 18.3. The topological polar surface area (TPSA) is 170 Å². The molecule has 3 aromatic heterocycles. The Morgan fingerprint density at radius 1 is 0.953 bits per heavy atom. The number of carbonyl (C=O) groups is 5. The lowest BCUT2D eigenvalue weighted by Gasteiger charge is -2.46. The Kier molecular flexibility index (Phi) is 11.8. The summed E-state index contributed by atoms with van der Waals surface area (Å²) in [7, 11) is 3.33. The van der Waals surface area contributed by atoms with E-state index in [2.05, 4.69) is 49.9 Å². The Hall–Kier alpha value is -6.42. The van der Waals surface area contributed by atoms with Gasteiger partial charge < -0.3 is 19.7 Å². The molecule has 1 spiro atoms. The summed E-state index contributed by atoms with van der Waals surface area (Å²) in [5, 5.41) is 10.9. The number of fused-ring (bicyclic) bond motifs is 1. The smallest absolute Gasteiger partial charge is 0.328 e. The fourth-order valence-electron chi connectivity index (χ4n) is 9.85. The third-order valence-electron chi connectivity index (χ3n) is 13.6. The van der Waals surface area contributed by atoms with Crippen molar-refractivity contribution in [1.29, 1.82) is 0 Å². The number of halogens is 2. The Balaban J connectivity index is 0.877. The number of H-pyrrole nitrogens is 1. The largest absolute Gasteiger partial charge is 0.348 e. The average molecular weight is 889 g/mol. The standard InChI is InChI=1S/C47H50ClFN10O5/c1-55(2)44(62)38-25-35-33(24-34(42(49)43(35)52-38)32-4-3-18-57(28-32)41(61)12-19-58-23-17-51-54-58)31-7-5-29(6-8-31)30-9-13-47(14-10-30)15-21-56(22-16-47)45(63)37-26-39(36(48)27-50-37)59-20-11-40(60)53-46(59)64/h4-8,17,23-27,30,52H,3,9-16,18-22,28H2,1-2H3,(H,53,60,64). The summed E-state index contributed by atoms with van der Waals surface area (Å²) in [4.78, 5) is 78.0. The molecular weight excluding hydrogens is 839 g/mol. The number of nitrogens with zero attached hydrogens (tertiary/aromatic N) is 8. The van der Waals surface area contributed by atoms with Gasteiger partial charge in [0.15, 0.2) is 5.82 Å². The van der Waals surface area contributed by atoms with Crippen LogP contribution in [0.4, 0.5) is 14.9 Å². The number of likely N-dealkylation sites (tertiary alicyclic amines) is 1. The minimum atomic E-state index is -0.574. The minimum Gasteiger partial charge on any atom is -0.348 e. The normalized spacial score (nSPS) is 18.1. The highest BCUT2D eigenvalue weighted by Gasteiger charge is 2.40. The summed E-state index contributed by atoms with van der Waals surface area (Å²) in [6.45, 7) is 2.61. The maximum absolute atomic E-state index is 16.6. The molecule has 6 heterocycles. The van der Waals surface area contributed by atoms with Crippen LogP contribution in [0.3, 0.4) is 0 Å². The molecule has 2 aromatic carbocycles. The zero-order valence-electron chi connectivity index (χ0n) is 35.9. The average Bonchev–Trinajstić information content (AvgIpc) is 4.01. The Labute approximate surface area is 374 Å². The number of piperidine rings is 1. The molecule has 0 bridgehead atoms. The Morgan fingerprint density at radius 3 is 2.42 bits per heavy atom. The molecule has 15 nitrogen and oxygen atoms in total. The molecule has 2 N–H and O–H groups in total.